The van der Waals surface area contributed by atoms with Crippen LogP contribution in [0.1, 0.15) is 50.5 Å². The SMILES string of the molecule is COCCCC(C(=O)C(=O)O)[C@@H]1CC2(CCC(c3ccccc3)(N(C)C)CC2)NN1. The van der Waals surface area contributed by atoms with Gasteiger partial charge in [-0.25, -0.2) is 4.79 Å². The van der Waals surface area contributed by atoms with E-state index in [0.29, 0.717) is 19.4 Å². The molecule has 30 heavy (non-hydrogen) atoms. The summed E-state index contributed by atoms with van der Waals surface area (Å²) in [5, 5.41) is 9.29. The van der Waals surface area contributed by atoms with Crippen molar-refractivity contribution in [3.8, 4) is 0 Å². The van der Waals surface area contributed by atoms with E-state index < -0.39 is 17.7 Å². The summed E-state index contributed by atoms with van der Waals surface area (Å²) in [6.45, 7) is 0.525. The molecule has 1 aliphatic heterocycles. The normalized spacial score (nSPS) is 29.9. The number of benzene rings is 1. The fourth-order valence-corrected chi connectivity index (χ4v) is 5.35. The topological polar surface area (TPSA) is 90.9 Å². The Kier molecular flexibility index (Phi) is 7.29. The number of nitrogens with one attached hydrogen (secondary N) is 2. The van der Waals surface area contributed by atoms with E-state index in [1.807, 2.05) is 6.07 Å². The van der Waals surface area contributed by atoms with Gasteiger partial charge in [-0.2, -0.15) is 0 Å². The smallest absolute Gasteiger partial charge is 0.372 e. The molecule has 3 rings (SSSR count). The van der Waals surface area contributed by atoms with Crippen molar-refractivity contribution in [1.29, 1.82) is 0 Å². The number of rotatable bonds is 9. The number of ketones is 1. The van der Waals surface area contributed by atoms with E-state index >= 15 is 0 Å². The molecule has 1 aliphatic carbocycles. The number of carbonyl (C=O) groups is 2. The number of hydrogen-bond acceptors (Lipinski definition) is 6. The molecule has 0 aromatic heterocycles. The van der Waals surface area contributed by atoms with Gasteiger partial charge in [-0.1, -0.05) is 30.3 Å². The van der Waals surface area contributed by atoms with E-state index in [2.05, 4.69) is 54.1 Å². The summed E-state index contributed by atoms with van der Waals surface area (Å²) in [5.74, 6) is -2.59. The second-order valence-electron chi connectivity index (χ2n) is 9.06. The number of hydrazine groups is 1. The molecule has 3 N–H and O–H groups in total. The van der Waals surface area contributed by atoms with Crippen molar-refractivity contribution in [2.45, 2.75) is 62.1 Å². The Morgan fingerprint density at radius 1 is 1.20 bits per heavy atom. The van der Waals surface area contributed by atoms with Crippen molar-refractivity contribution in [3.05, 3.63) is 35.9 Å². The molecular formula is C23H35N3O4. The third-order valence-electron chi connectivity index (χ3n) is 7.23. The van der Waals surface area contributed by atoms with Gasteiger partial charge >= 0.3 is 5.97 Å². The number of Topliss-reactive ketones (excluding diaryl/α,β-unsaturated/α-hetero) is 1. The number of carboxylic acids is 1. The van der Waals surface area contributed by atoms with Gasteiger partial charge in [-0.3, -0.25) is 20.5 Å². The van der Waals surface area contributed by atoms with Crippen molar-refractivity contribution in [3.63, 3.8) is 0 Å². The highest BCUT2D eigenvalue weighted by Gasteiger charge is 2.50. The van der Waals surface area contributed by atoms with Crippen molar-refractivity contribution in [2.24, 2.45) is 5.92 Å². The zero-order valence-corrected chi connectivity index (χ0v) is 18.3. The van der Waals surface area contributed by atoms with Crippen molar-refractivity contribution >= 4 is 11.8 Å². The Balaban J connectivity index is 1.71. The van der Waals surface area contributed by atoms with Crippen molar-refractivity contribution in [1.82, 2.24) is 15.8 Å². The van der Waals surface area contributed by atoms with Gasteiger partial charge in [0.2, 0.25) is 5.78 Å². The zero-order chi connectivity index (χ0) is 21.8. The molecule has 2 atom stereocenters. The van der Waals surface area contributed by atoms with Crippen LogP contribution in [0.2, 0.25) is 0 Å². The molecule has 1 saturated heterocycles. The molecule has 0 bridgehead atoms. The molecule has 1 saturated carbocycles. The second-order valence-corrected chi connectivity index (χ2v) is 9.06. The van der Waals surface area contributed by atoms with Crippen LogP contribution >= 0.6 is 0 Å². The van der Waals surface area contributed by atoms with Gasteiger partial charge in [0.25, 0.3) is 0 Å². The summed E-state index contributed by atoms with van der Waals surface area (Å²) in [4.78, 5) is 26.1. The summed E-state index contributed by atoms with van der Waals surface area (Å²) in [6.07, 6.45) is 5.90. The van der Waals surface area contributed by atoms with E-state index in [9.17, 15) is 14.7 Å². The van der Waals surface area contributed by atoms with Gasteiger partial charge in [-0.15, -0.1) is 0 Å². The minimum atomic E-state index is -1.35. The number of nitrogens with zero attached hydrogens (tertiary/aromatic N) is 1. The van der Waals surface area contributed by atoms with Crippen LogP contribution in [0.5, 0.6) is 0 Å². The average Bonchev–Trinajstić information content (AvgIpc) is 3.15. The molecule has 2 aliphatic rings. The minimum absolute atomic E-state index is 0.00102. The van der Waals surface area contributed by atoms with Gasteiger partial charge in [0.1, 0.15) is 0 Å². The third-order valence-corrected chi connectivity index (χ3v) is 7.23. The monoisotopic (exact) mass is 417 g/mol. The molecule has 7 nitrogen and oxygen atoms in total. The van der Waals surface area contributed by atoms with E-state index in [4.69, 9.17) is 4.74 Å². The highest BCUT2D eigenvalue weighted by molar-refractivity contribution is 6.33. The lowest BCUT2D eigenvalue weighted by atomic mass is 9.67. The number of carbonyl (C=O) groups excluding carboxylic acids is 1. The molecule has 1 unspecified atom stereocenters. The van der Waals surface area contributed by atoms with Crippen LogP contribution in [-0.4, -0.2) is 61.2 Å². The highest BCUT2D eigenvalue weighted by atomic mass is 16.5. The van der Waals surface area contributed by atoms with Crippen LogP contribution in [0.3, 0.4) is 0 Å². The molecule has 1 aromatic rings. The van der Waals surface area contributed by atoms with Gasteiger partial charge in [0.05, 0.1) is 0 Å². The maximum Gasteiger partial charge on any atom is 0.372 e. The number of hydrogen-bond donors (Lipinski definition) is 3. The summed E-state index contributed by atoms with van der Waals surface area (Å²) in [7, 11) is 5.90. The van der Waals surface area contributed by atoms with Crippen LogP contribution < -0.4 is 10.9 Å². The zero-order valence-electron chi connectivity index (χ0n) is 18.3. The molecule has 2 fully saturated rings. The lowest BCUT2D eigenvalue weighted by Crippen LogP contribution is -2.53. The molecular weight excluding hydrogens is 382 g/mol. The third kappa shape index (κ3) is 4.59. The standard InChI is InChI=1S/C23H35N3O4/c1-26(2)23(17-8-5-4-6-9-17)13-11-22(12-14-23)16-19(24-25-22)18(10-7-15-30-3)20(27)21(28)29/h4-6,8-9,18-19,24-25H,7,10-16H2,1-3H3,(H,28,29)/t18?,19-,22?,23?/m0/s1. The first-order valence-electron chi connectivity index (χ1n) is 10.9. The van der Waals surface area contributed by atoms with Gasteiger partial charge in [0, 0.05) is 36.8 Å². The quantitative estimate of drug-likeness (QED) is 0.420. The van der Waals surface area contributed by atoms with E-state index in [1.54, 1.807) is 7.11 Å². The Morgan fingerprint density at radius 2 is 1.87 bits per heavy atom. The Morgan fingerprint density at radius 3 is 2.43 bits per heavy atom. The number of methoxy groups -OCH3 is 1. The van der Waals surface area contributed by atoms with E-state index in [-0.39, 0.29) is 17.1 Å². The molecule has 0 radical (unpaired) electrons. The van der Waals surface area contributed by atoms with E-state index in [0.717, 1.165) is 32.1 Å². The summed E-state index contributed by atoms with van der Waals surface area (Å²) < 4.78 is 5.09. The van der Waals surface area contributed by atoms with Gasteiger partial charge in [0.15, 0.2) is 0 Å². The number of ether oxygens (including phenoxy) is 1. The molecule has 7 heteroatoms. The first-order chi connectivity index (χ1) is 14.3. The maximum absolute atomic E-state index is 12.4. The lowest BCUT2D eigenvalue weighted by molar-refractivity contribution is -0.151. The minimum Gasteiger partial charge on any atom is -0.475 e. The molecule has 166 valence electrons. The lowest BCUT2D eigenvalue weighted by Gasteiger charge is -2.49. The largest absolute Gasteiger partial charge is 0.475 e. The summed E-state index contributed by atoms with van der Waals surface area (Å²) >= 11 is 0. The highest BCUT2D eigenvalue weighted by Crippen LogP contribution is 2.47. The van der Waals surface area contributed by atoms with E-state index in [1.165, 1.54) is 5.56 Å². The van der Waals surface area contributed by atoms with Crippen LogP contribution in [0.15, 0.2) is 30.3 Å². The first-order valence-corrected chi connectivity index (χ1v) is 10.9. The van der Waals surface area contributed by atoms with Crippen molar-refractivity contribution in [2.75, 3.05) is 27.8 Å². The van der Waals surface area contributed by atoms with Crippen LogP contribution in [0.4, 0.5) is 0 Å². The Bertz CT molecular complexity index is 729. The molecule has 1 aromatic carbocycles. The van der Waals surface area contributed by atoms with Crippen LogP contribution in [-0.2, 0) is 19.9 Å². The fraction of sp³-hybridized carbons (Fsp3) is 0.652. The molecule has 1 heterocycles. The summed E-state index contributed by atoms with van der Waals surface area (Å²) in [6, 6.07) is 10.5. The number of carboxylic acid groups (broad SMARTS) is 1. The maximum atomic E-state index is 12.4. The Hall–Kier alpha value is -1.80. The Labute approximate surface area is 179 Å². The molecule has 0 amide bonds. The van der Waals surface area contributed by atoms with Crippen LogP contribution in [0, 0.1) is 5.92 Å². The van der Waals surface area contributed by atoms with Crippen molar-refractivity contribution < 1.29 is 19.4 Å². The number of aliphatic carboxylic acids is 1. The van der Waals surface area contributed by atoms with Gasteiger partial charge in [-0.05, 0) is 64.6 Å². The predicted molar refractivity (Wildman–Crippen MR) is 115 cm³/mol. The first kappa shape index (κ1) is 22.9. The van der Waals surface area contributed by atoms with Crippen LogP contribution in [0.25, 0.3) is 0 Å². The predicted octanol–water partition coefficient (Wildman–Crippen LogP) is 2.32. The van der Waals surface area contributed by atoms with Gasteiger partial charge < -0.3 is 9.84 Å². The second kappa shape index (κ2) is 9.56. The molecule has 1 spiro atoms. The summed E-state index contributed by atoms with van der Waals surface area (Å²) in [5.41, 5.74) is 8.00. The fourth-order valence-electron chi connectivity index (χ4n) is 5.35. The average molecular weight is 418 g/mol.